The summed E-state index contributed by atoms with van der Waals surface area (Å²) in [6, 6.07) is 7.48. The Bertz CT molecular complexity index is 947. The molecule has 1 aromatic carbocycles. The van der Waals surface area contributed by atoms with Crippen molar-refractivity contribution in [2.24, 2.45) is 7.05 Å². The first-order valence-electron chi connectivity index (χ1n) is 8.34. The lowest BCUT2D eigenvalue weighted by Gasteiger charge is -2.34. The minimum atomic E-state index is -4.85. The van der Waals surface area contributed by atoms with E-state index in [-0.39, 0.29) is 37.0 Å². The van der Waals surface area contributed by atoms with Gasteiger partial charge in [-0.3, -0.25) is 4.79 Å². The van der Waals surface area contributed by atoms with Crippen LogP contribution in [0.5, 0.6) is 5.75 Å². The molecule has 1 aliphatic heterocycles. The largest absolute Gasteiger partial charge is 0.573 e. The van der Waals surface area contributed by atoms with Crippen LogP contribution >= 0.6 is 0 Å². The third kappa shape index (κ3) is 4.30. The van der Waals surface area contributed by atoms with E-state index in [1.54, 1.807) is 34.8 Å². The van der Waals surface area contributed by atoms with Gasteiger partial charge in [0.2, 0.25) is 10.0 Å². The Kier molecular flexibility index (Phi) is 5.39. The molecule has 2 aromatic rings. The number of halogens is 3. The minimum Gasteiger partial charge on any atom is -0.406 e. The summed E-state index contributed by atoms with van der Waals surface area (Å²) in [7, 11) is -2.13. The zero-order chi connectivity index (χ0) is 20.5. The van der Waals surface area contributed by atoms with Gasteiger partial charge in [0.05, 0.1) is 4.90 Å². The number of piperazine rings is 1. The minimum absolute atomic E-state index is 0.0965. The van der Waals surface area contributed by atoms with Gasteiger partial charge in [0.15, 0.2) is 0 Å². The Hall–Kier alpha value is -2.53. The van der Waals surface area contributed by atoms with E-state index in [4.69, 9.17) is 0 Å². The third-order valence-corrected chi connectivity index (χ3v) is 6.30. The zero-order valence-electron chi connectivity index (χ0n) is 14.9. The van der Waals surface area contributed by atoms with Crippen molar-refractivity contribution >= 4 is 15.9 Å². The van der Waals surface area contributed by atoms with Crippen LogP contribution in [-0.2, 0) is 17.1 Å². The summed E-state index contributed by atoms with van der Waals surface area (Å²) in [5.74, 6) is -0.678. The van der Waals surface area contributed by atoms with Crippen molar-refractivity contribution in [2.45, 2.75) is 11.3 Å². The van der Waals surface area contributed by atoms with Gasteiger partial charge >= 0.3 is 6.36 Å². The first-order chi connectivity index (χ1) is 13.1. The highest BCUT2D eigenvalue weighted by Gasteiger charge is 2.33. The average molecular weight is 417 g/mol. The molecule has 2 heterocycles. The maximum absolute atomic E-state index is 12.7. The highest BCUT2D eigenvalue weighted by molar-refractivity contribution is 7.89. The number of nitrogens with zero attached hydrogens (tertiary/aromatic N) is 3. The van der Waals surface area contributed by atoms with Crippen molar-refractivity contribution in [2.75, 3.05) is 26.2 Å². The second kappa shape index (κ2) is 7.47. The van der Waals surface area contributed by atoms with Crippen LogP contribution in [0.4, 0.5) is 13.2 Å². The number of hydrogen-bond donors (Lipinski definition) is 0. The van der Waals surface area contributed by atoms with E-state index in [9.17, 15) is 26.4 Å². The van der Waals surface area contributed by atoms with E-state index in [1.165, 1.54) is 4.31 Å². The lowest BCUT2D eigenvalue weighted by atomic mass is 10.3. The normalized spacial score (nSPS) is 16.2. The summed E-state index contributed by atoms with van der Waals surface area (Å²) in [5, 5.41) is 0. The molecule has 152 valence electrons. The number of alkyl halides is 3. The SMILES string of the molecule is Cn1cccc1C(=O)N1CCN(S(=O)(=O)c2ccc(OC(F)(F)F)cc2)CC1. The van der Waals surface area contributed by atoms with Crippen LogP contribution in [0.1, 0.15) is 10.5 Å². The number of benzene rings is 1. The molecule has 0 spiro atoms. The van der Waals surface area contributed by atoms with Crippen molar-refractivity contribution in [3.05, 3.63) is 48.3 Å². The molecule has 1 amide bonds. The van der Waals surface area contributed by atoms with Gasteiger partial charge in [-0.05, 0) is 36.4 Å². The van der Waals surface area contributed by atoms with Crippen molar-refractivity contribution < 1.29 is 31.1 Å². The van der Waals surface area contributed by atoms with E-state index < -0.39 is 22.1 Å². The summed E-state index contributed by atoms with van der Waals surface area (Å²) in [6.07, 6.45) is -3.10. The van der Waals surface area contributed by atoms with Crippen LogP contribution in [0.3, 0.4) is 0 Å². The van der Waals surface area contributed by atoms with Gasteiger partial charge in [-0.15, -0.1) is 13.2 Å². The standard InChI is InChI=1S/C17H18F3N3O4S/c1-21-8-2-3-15(21)16(24)22-9-11-23(12-10-22)28(25,26)14-6-4-13(5-7-14)27-17(18,19)20/h2-8H,9-12H2,1H3. The van der Waals surface area contributed by atoms with Crippen molar-refractivity contribution in [3.63, 3.8) is 0 Å². The fourth-order valence-corrected chi connectivity index (χ4v) is 4.36. The van der Waals surface area contributed by atoms with Gasteiger partial charge in [-0.25, -0.2) is 8.42 Å². The highest BCUT2D eigenvalue weighted by atomic mass is 32.2. The second-order valence-electron chi connectivity index (χ2n) is 6.22. The number of aromatic nitrogens is 1. The number of amides is 1. The zero-order valence-corrected chi connectivity index (χ0v) is 15.7. The van der Waals surface area contributed by atoms with Gasteiger partial charge in [-0.2, -0.15) is 4.31 Å². The monoisotopic (exact) mass is 417 g/mol. The van der Waals surface area contributed by atoms with Gasteiger partial charge in [0.25, 0.3) is 5.91 Å². The van der Waals surface area contributed by atoms with Gasteiger partial charge in [0.1, 0.15) is 11.4 Å². The first-order valence-corrected chi connectivity index (χ1v) is 9.78. The molecule has 0 bridgehead atoms. The van der Waals surface area contributed by atoms with Gasteiger partial charge in [0, 0.05) is 39.4 Å². The molecule has 0 radical (unpaired) electrons. The van der Waals surface area contributed by atoms with E-state index in [2.05, 4.69) is 4.74 Å². The Balaban J connectivity index is 1.66. The van der Waals surface area contributed by atoms with Crippen LogP contribution < -0.4 is 4.74 Å². The molecule has 0 aliphatic carbocycles. The van der Waals surface area contributed by atoms with E-state index in [0.717, 1.165) is 24.3 Å². The highest BCUT2D eigenvalue weighted by Crippen LogP contribution is 2.25. The summed E-state index contributed by atoms with van der Waals surface area (Å²) < 4.78 is 68.7. The topological polar surface area (TPSA) is 71.9 Å². The van der Waals surface area contributed by atoms with E-state index in [1.807, 2.05) is 0 Å². The van der Waals surface area contributed by atoms with Crippen molar-refractivity contribution in [3.8, 4) is 5.75 Å². The smallest absolute Gasteiger partial charge is 0.406 e. The summed E-state index contributed by atoms with van der Waals surface area (Å²) >= 11 is 0. The first kappa shape index (κ1) is 20.2. The lowest BCUT2D eigenvalue weighted by Crippen LogP contribution is -2.50. The molecule has 7 nitrogen and oxygen atoms in total. The van der Waals surface area contributed by atoms with Crippen LogP contribution in [0.25, 0.3) is 0 Å². The molecule has 1 fully saturated rings. The number of ether oxygens (including phenoxy) is 1. The molecule has 28 heavy (non-hydrogen) atoms. The molecule has 0 unspecified atom stereocenters. The quantitative estimate of drug-likeness (QED) is 0.764. The molecule has 0 saturated carbocycles. The number of sulfonamides is 1. The Morgan fingerprint density at radius 1 is 1.04 bits per heavy atom. The van der Waals surface area contributed by atoms with E-state index in [0.29, 0.717) is 5.69 Å². The predicted octanol–water partition coefficient (Wildman–Crippen LogP) is 2.07. The third-order valence-electron chi connectivity index (χ3n) is 4.38. The molecule has 1 aromatic heterocycles. The molecule has 0 N–H and O–H groups in total. The summed E-state index contributed by atoms with van der Waals surface area (Å²) in [6.45, 7) is 0.635. The Morgan fingerprint density at radius 2 is 1.64 bits per heavy atom. The van der Waals surface area contributed by atoms with Crippen LogP contribution in [-0.4, -0.2) is 60.6 Å². The fourth-order valence-electron chi connectivity index (χ4n) is 2.94. The number of carbonyl (C=O) groups excluding carboxylic acids is 1. The Morgan fingerprint density at radius 3 is 2.14 bits per heavy atom. The maximum Gasteiger partial charge on any atom is 0.573 e. The number of rotatable bonds is 4. The number of carbonyl (C=O) groups is 1. The van der Waals surface area contributed by atoms with Crippen LogP contribution in [0, 0.1) is 0 Å². The van der Waals surface area contributed by atoms with Gasteiger partial charge < -0.3 is 14.2 Å². The molecule has 11 heteroatoms. The summed E-state index contributed by atoms with van der Waals surface area (Å²) in [4.78, 5) is 13.9. The van der Waals surface area contributed by atoms with Crippen molar-refractivity contribution in [1.29, 1.82) is 0 Å². The van der Waals surface area contributed by atoms with Crippen LogP contribution in [0.15, 0.2) is 47.5 Å². The summed E-state index contributed by atoms with van der Waals surface area (Å²) in [5.41, 5.74) is 0.511. The number of aryl methyl sites for hydroxylation is 1. The van der Waals surface area contributed by atoms with Crippen molar-refractivity contribution in [1.82, 2.24) is 13.8 Å². The fraction of sp³-hybridized carbons (Fsp3) is 0.353. The Labute approximate surface area is 160 Å². The number of hydrogen-bond acceptors (Lipinski definition) is 4. The van der Waals surface area contributed by atoms with Crippen LogP contribution in [0.2, 0.25) is 0 Å². The molecule has 0 atom stereocenters. The van der Waals surface area contributed by atoms with Gasteiger partial charge in [-0.1, -0.05) is 0 Å². The maximum atomic E-state index is 12.7. The van der Waals surface area contributed by atoms with E-state index >= 15 is 0 Å². The lowest BCUT2D eigenvalue weighted by molar-refractivity contribution is -0.274. The molecular formula is C17H18F3N3O4S. The molecule has 1 saturated heterocycles. The predicted molar refractivity (Wildman–Crippen MR) is 93.2 cm³/mol. The molecule has 1 aliphatic rings. The average Bonchev–Trinajstić information content (AvgIpc) is 3.06. The second-order valence-corrected chi connectivity index (χ2v) is 8.16. The molecular weight excluding hydrogens is 399 g/mol. The molecule has 3 rings (SSSR count).